The van der Waals surface area contributed by atoms with E-state index >= 15 is 0 Å². The third-order valence-electron chi connectivity index (χ3n) is 3.06. The van der Waals surface area contributed by atoms with Crippen LogP contribution < -0.4 is 20.1 Å². The fourth-order valence-corrected chi connectivity index (χ4v) is 2.21. The molecule has 0 saturated heterocycles. The second-order valence-corrected chi connectivity index (χ2v) is 5.14. The number of benzene rings is 2. The van der Waals surface area contributed by atoms with Gasteiger partial charge in [0.25, 0.3) is 0 Å². The maximum atomic E-state index is 13.1. The molecule has 2 N–H and O–H groups in total. The summed E-state index contributed by atoms with van der Waals surface area (Å²) in [4.78, 5) is 0. The quantitative estimate of drug-likeness (QED) is 0.788. The van der Waals surface area contributed by atoms with Crippen LogP contribution in [0.25, 0.3) is 0 Å². The number of thiocarbonyl (C=S) groups is 1. The van der Waals surface area contributed by atoms with Gasteiger partial charge in [0.1, 0.15) is 5.82 Å². The van der Waals surface area contributed by atoms with E-state index in [1.54, 1.807) is 19.2 Å². The molecule has 0 aliphatic carbocycles. The van der Waals surface area contributed by atoms with Crippen molar-refractivity contribution in [3.8, 4) is 11.5 Å². The molecular formula is C17H19FN2O2S. The number of hydrogen-bond donors (Lipinski definition) is 2. The largest absolute Gasteiger partial charge is 0.493 e. The van der Waals surface area contributed by atoms with E-state index in [9.17, 15) is 4.39 Å². The van der Waals surface area contributed by atoms with Crippen LogP contribution in [0.5, 0.6) is 11.5 Å². The van der Waals surface area contributed by atoms with Gasteiger partial charge >= 0.3 is 0 Å². The summed E-state index contributed by atoms with van der Waals surface area (Å²) in [5.41, 5.74) is 1.60. The van der Waals surface area contributed by atoms with Crippen LogP contribution in [0.2, 0.25) is 0 Å². The molecule has 23 heavy (non-hydrogen) atoms. The van der Waals surface area contributed by atoms with Crippen molar-refractivity contribution in [1.29, 1.82) is 0 Å². The van der Waals surface area contributed by atoms with E-state index in [4.69, 9.17) is 21.7 Å². The first-order chi connectivity index (χ1) is 11.1. The minimum absolute atomic E-state index is 0.311. The van der Waals surface area contributed by atoms with E-state index in [0.29, 0.717) is 35.5 Å². The Bertz CT molecular complexity index is 679. The molecule has 122 valence electrons. The van der Waals surface area contributed by atoms with Gasteiger partial charge in [0.2, 0.25) is 0 Å². The Labute approximate surface area is 140 Å². The molecule has 0 heterocycles. The molecule has 0 atom stereocenters. The molecule has 2 aromatic carbocycles. The van der Waals surface area contributed by atoms with Gasteiger partial charge in [0.05, 0.1) is 13.7 Å². The smallest absolute Gasteiger partial charge is 0.171 e. The summed E-state index contributed by atoms with van der Waals surface area (Å²) in [5.74, 6) is 1.07. The molecule has 0 amide bonds. The molecule has 0 spiro atoms. The highest BCUT2D eigenvalue weighted by Crippen LogP contribution is 2.27. The highest BCUT2D eigenvalue weighted by Gasteiger charge is 2.06. The van der Waals surface area contributed by atoms with Gasteiger partial charge in [-0.2, -0.15) is 0 Å². The second kappa shape index (κ2) is 8.33. The molecule has 0 bridgehead atoms. The zero-order chi connectivity index (χ0) is 16.7. The Morgan fingerprint density at radius 3 is 2.70 bits per heavy atom. The molecule has 2 aromatic rings. The van der Waals surface area contributed by atoms with Crippen LogP contribution in [0.4, 0.5) is 10.1 Å². The van der Waals surface area contributed by atoms with Crippen LogP contribution in [-0.4, -0.2) is 18.8 Å². The lowest BCUT2D eigenvalue weighted by atomic mass is 10.2. The van der Waals surface area contributed by atoms with E-state index in [1.807, 2.05) is 25.1 Å². The molecule has 4 nitrogen and oxygen atoms in total. The predicted octanol–water partition coefficient (Wildman–Crippen LogP) is 3.72. The van der Waals surface area contributed by atoms with E-state index in [0.717, 1.165) is 5.56 Å². The van der Waals surface area contributed by atoms with Gasteiger partial charge in [-0.05, 0) is 55.0 Å². The van der Waals surface area contributed by atoms with Crippen molar-refractivity contribution in [3.05, 3.63) is 53.8 Å². The van der Waals surface area contributed by atoms with Crippen LogP contribution in [-0.2, 0) is 6.54 Å². The highest BCUT2D eigenvalue weighted by atomic mass is 32.1. The summed E-state index contributed by atoms with van der Waals surface area (Å²) in [6.07, 6.45) is 0. The topological polar surface area (TPSA) is 42.5 Å². The first kappa shape index (κ1) is 17.0. The molecule has 0 fully saturated rings. The number of nitrogens with one attached hydrogen (secondary N) is 2. The summed E-state index contributed by atoms with van der Waals surface area (Å²) in [7, 11) is 1.60. The van der Waals surface area contributed by atoms with Gasteiger partial charge in [0, 0.05) is 12.2 Å². The first-order valence-electron chi connectivity index (χ1n) is 7.22. The van der Waals surface area contributed by atoms with E-state index in [2.05, 4.69) is 10.6 Å². The first-order valence-corrected chi connectivity index (χ1v) is 7.63. The fourth-order valence-electron chi connectivity index (χ4n) is 2.02. The lowest BCUT2D eigenvalue weighted by molar-refractivity contribution is 0.310. The van der Waals surface area contributed by atoms with Crippen LogP contribution in [0.1, 0.15) is 12.5 Å². The average Bonchev–Trinajstić information content (AvgIpc) is 2.53. The van der Waals surface area contributed by atoms with E-state index < -0.39 is 0 Å². The van der Waals surface area contributed by atoms with Crippen molar-refractivity contribution in [2.45, 2.75) is 13.5 Å². The van der Waals surface area contributed by atoms with Crippen LogP contribution in [0.15, 0.2) is 42.5 Å². The van der Waals surface area contributed by atoms with Gasteiger partial charge in [0.15, 0.2) is 16.6 Å². The second-order valence-electron chi connectivity index (χ2n) is 4.74. The SMILES string of the molecule is CCOc1cc(CNC(=S)Nc2cccc(F)c2)ccc1OC. The van der Waals surface area contributed by atoms with Crippen molar-refractivity contribution in [3.63, 3.8) is 0 Å². The molecule has 0 unspecified atom stereocenters. The Kier molecular flexibility index (Phi) is 6.17. The molecular weight excluding hydrogens is 315 g/mol. The molecule has 0 radical (unpaired) electrons. The number of halogens is 1. The summed E-state index contributed by atoms with van der Waals surface area (Å²) < 4.78 is 23.9. The maximum absolute atomic E-state index is 13.1. The lowest BCUT2D eigenvalue weighted by Gasteiger charge is -2.13. The third-order valence-corrected chi connectivity index (χ3v) is 3.31. The van der Waals surface area contributed by atoms with Crippen molar-refractivity contribution < 1.29 is 13.9 Å². The van der Waals surface area contributed by atoms with Crippen LogP contribution in [0.3, 0.4) is 0 Å². The van der Waals surface area contributed by atoms with Gasteiger partial charge in [-0.25, -0.2) is 4.39 Å². The molecule has 2 rings (SSSR count). The van der Waals surface area contributed by atoms with Crippen molar-refractivity contribution in [2.24, 2.45) is 0 Å². The van der Waals surface area contributed by atoms with E-state index in [-0.39, 0.29) is 5.82 Å². The average molecular weight is 334 g/mol. The minimum atomic E-state index is -0.311. The number of hydrogen-bond acceptors (Lipinski definition) is 3. The minimum Gasteiger partial charge on any atom is -0.493 e. The zero-order valence-electron chi connectivity index (χ0n) is 13.1. The Hall–Kier alpha value is -2.34. The molecule has 0 aromatic heterocycles. The maximum Gasteiger partial charge on any atom is 0.171 e. The monoisotopic (exact) mass is 334 g/mol. The standard InChI is InChI=1S/C17H19FN2O2S/c1-3-22-16-9-12(7-8-15(16)21-2)11-19-17(23)20-14-6-4-5-13(18)10-14/h4-10H,3,11H2,1-2H3,(H2,19,20,23). The highest BCUT2D eigenvalue weighted by molar-refractivity contribution is 7.80. The number of methoxy groups -OCH3 is 1. The number of anilines is 1. The summed E-state index contributed by atoms with van der Waals surface area (Å²) in [5, 5.41) is 6.44. The van der Waals surface area contributed by atoms with Gasteiger partial charge in [-0.1, -0.05) is 12.1 Å². The van der Waals surface area contributed by atoms with Gasteiger partial charge < -0.3 is 20.1 Å². The predicted molar refractivity (Wildman–Crippen MR) is 93.6 cm³/mol. The zero-order valence-corrected chi connectivity index (χ0v) is 13.9. The lowest BCUT2D eigenvalue weighted by Crippen LogP contribution is -2.27. The summed E-state index contributed by atoms with van der Waals surface area (Å²) in [6.45, 7) is 3.00. The Balaban J connectivity index is 1.94. The normalized spacial score (nSPS) is 10.0. The molecule has 6 heteroatoms. The third kappa shape index (κ3) is 5.10. The van der Waals surface area contributed by atoms with Crippen molar-refractivity contribution in [2.75, 3.05) is 19.0 Å². The summed E-state index contributed by atoms with van der Waals surface area (Å²) in [6, 6.07) is 11.8. The Morgan fingerprint density at radius 2 is 2.00 bits per heavy atom. The van der Waals surface area contributed by atoms with Crippen LogP contribution >= 0.6 is 12.2 Å². The molecule has 0 aliphatic rings. The van der Waals surface area contributed by atoms with Crippen molar-refractivity contribution >= 4 is 23.0 Å². The number of rotatable bonds is 6. The van der Waals surface area contributed by atoms with Crippen LogP contribution in [0, 0.1) is 5.82 Å². The Morgan fingerprint density at radius 1 is 1.17 bits per heavy atom. The summed E-state index contributed by atoms with van der Waals surface area (Å²) >= 11 is 5.21. The van der Waals surface area contributed by atoms with E-state index in [1.165, 1.54) is 12.1 Å². The van der Waals surface area contributed by atoms with Gasteiger partial charge in [-0.3, -0.25) is 0 Å². The fraction of sp³-hybridized carbons (Fsp3) is 0.235. The molecule has 0 aliphatic heterocycles. The van der Waals surface area contributed by atoms with Crippen molar-refractivity contribution in [1.82, 2.24) is 5.32 Å². The van der Waals surface area contributed by atoms with Gasteiger partial charge in [-0.15, -0.1) is 0 Å². The number of ether oxygens (including phenoxy) is 2. The molecule has 0 saturated carbocycles.